The Morgan fingerprint density at radius 1 is 1.14 bits per heavy atom. The van der Waals surface area contributed by atoms with Gasteiger partial charge in [-0.15, -0.1) is 0 Å². The number of rotatable bonds is 0. The Balaban J connectivity index is 2.65. The first-order valence-electron chi connectivity index (χ1n) is 4.24. The maximum Gasteiger partial charge on any atom is 0.0958 e. The van der Waals surface area contributed by atoms with Crippen molar-refractivity contribution in [2.24, 2.45) is 0 Å². The summed E-state index contributed by atoms with van der Waals surface area (Å²) >= 11 is 0. The van der Waals surface area contributed by atoms with Crippen molar-refractivity contribution in [1.29, 1.82) is 0 Å². The minimum absolute atomic E-state index is 0.545. The Kier molecular flexibility index (Phi) is 1.28. The van der Waals surface area contributed by atoms with E-state index < -0.39 is 0 Å². The van der Waals surface area contributed by atoms with Gasteiger partial charge in [0.2, 0.25) is 0 Å². The first-order chi connectivity index (χ1) is 6.86. The number of aromatic nitrogens is 3. The Bertz CT molecular complexity index is 615. The molecule has 0 atom stereocenters. The molecule has 0 fully saturated rings. The van der Waals surface area contributed by atoms with E-state index in [2.05, 4.69) is 9.97 Å². The minimum atomic E-state index is 0.545. The Morgan fingerprint density at radius 2 is 2.07 bits per heavy atom. The molecule has 68 valence electrons. The zero-order chi connectivity index (χ0) is 9.54. The third kappa shape index (κ3) is 0.821. The molecule has 0 saturated carbocycles. The van der Waals surface area contributed by atoms with Crippen molar-refractivity contribution in [3.05, 3.63) is 42.0 Å². The molecule has 0 aliphatic rings. The van der Waals surface area contributed by atoms with Gasteiger partial charge in [0.15, 0.2) is 0 Å². The van der Waals surface area contributed by atoms with Crippen LogP contribution in [0.4, 0.5) is 0 Å². The quantitative estimate of drug-likeness (QED) is 0.536. The van der Waals surface area contributed by atoms with Crippen LogP contribution in [0.1, 0.15) is 0 Å². The average Bonchev–Trinajstić information content (AvgIpc) is 2.61. The third-order valence-electron chi connectivity index (χ3n) is 2.25. The molecule has 4 heteroatoms. The fourth-order valence-electron chi connectivity index (χ4n) is 1.61. The SMILES string of the molecule is [O-]n1cnc2ccc3cccnc3c21. The summed E-state index contributed by atoms with van der Waals surface area (Å²) < 4.78 is 0.755. The van der Waals surface area contributed by atoms with Crippen LogP contribution in [0, 0.1) is 5.21 Å². The summed E-state index contributed by atoms with van der Waals surface area (Å²) in [6, 6.07) is 7.51. The number of benzene rings is 1. The van der Waals surface area contributed by atoms with Crippen LogP contribution >= 0.6 is 0 Å². The number of hydrogen-bond acceptors (Lipinski definition) is 3. The van der Waals surface area contributed by atoms with Gasteiger partial charge in [-0.25, -0.2) is 4.98 Å². The Hall–Kier alpha value is -2.10. The normalized spacial score (nSPS) is 11.1. The van der Waals surface area contributed by atoms with Crippen molar-refractivity contribution >= 4 is 21.9 Å². The predicted octanol–water partition coefficient (Wildman–Crippen LogP) is 1.93. The molecule has 0 aliphatic carbocycles. The van der Waals surface area contributed by atoms with Crippen LogP contribution in [-0.4, -0.2) is 14.7 Å². The molecule has 0 amide bonds. The lowest BCUT2D eigenvalue weighted by Gasteiger charge is -2.07. The molecule has 0 unspecified atom stereocenters. The smallest absolute Gasteiger partial charge is 0.0958 e. The van der Waals surface area contributed by atoms with Crippen LogP contribution in [0.25, 0.3) is 21.9 Å². The van der Waals surface area contributed by atoms with Crippen LogP contribution in [0.2, 0.25) is 0 Å². The van der Waals surface area contributed by atoms with E-state index >= 15 is 0 Å². The number of hydrogen-bond donors (Lipinski definition) is 0. The van der Waals surface area contributed by atoms with E-state index in [-0.39, 0.29) is 0 Å². The van der Waals surface area contributed by atoms with E-state index in [0.29, 0.717) is 16.6 Å². The average molecular weight is 184 g/mol. The fourth-order valence-corrected chi connectivity index (χ4v) is 1.61. The topological polar surface area (TPSA) is 53.8 Å². The number of fused-ring (bicyclic) bond motifs is 3. The molecule has 1 aromatic carbocycles. The monoisotopic (exact) mass is 184 g/mol. The molecule has 0 radical (unpaired) electrons. The summed E-state index contributed by atoms with van der Waals surface area (Å²) in [6.07, 6.45) is 2.94. The van der Waals surface area contributed by atoms with Gasteiger partial charge in [0, 0.05) is 11.6 Å². The number of pyridine rings is 1. The second-order valence-electron chi connectivity index (χ2n) is 3.08. The molecule has 0 bridgehead atoms. The molecule has 2 heterocycles. The van der Waals surface area contributed by atoms with Gasteiger partial charge in [-0.2, -0.15) is 0 Å². The third-order valence-corrected chi connectivity index (χ3v) is 2.25. The lowest BCUT2D eigenvalue weighted by molar-refractivity contribution is 1.12. The second kappa shape index (κ2) is 2.45. The molecule has 4 nitrogen and oxygen atoms in total. The zero-order valence-corrected chi connectivity index (χ0v) is 7.21. The standard InChI is InChI=1S/C10H6N3O/c14-13-6-12-8-4-3-7-2-1-5-11-9(7)10(8)13/h1-6H/q-1. The summed E-state index contributed by atoms with van der Waals surface area (Å²) in [4.78, 5) is 8.16. The molecule has 3 aromatic rings. The minimum Gasteiger partial charge on any atom is -0.804 e. The van der Waals surface area contributed by atoms with Crippen molar-refractivity contribution in [3.8, 4) is 0 Å². The zero-order valence-electron chi connectivity index (χ0n) is 7.21. The van der Waals surface area contributed by atoms with Gasteiger partial charge >= 0.3 is 0 Å². The van der Waals surface area contributed by atoms with E-state index in [0.717, 1.165) is 10.1 Å². The summed E-state index contributed by atoms with van der Waals surface area (Å²) in [5.74, 6) is 0. The maximum atomic E-state index is 11.4. The molecule has 14 heavy (non-hydrogen) atoms. The molecular formula is C10H6N3O-. The summed E-state index contributed by atoms with van der Waals surface area (Å²) in [5, 5.41) is 12.4. The molecule has 0 N–H and O–H groups in total. The van der Waals surface area contributed by atoms with Crippen LogP contribution in [0.15, 0.2) is 36.8 Å². The van der Waals surface area contributed by atoms with Crippen LogP contribution in [-0.2, 0) is 0 Å². The highest BCUT2D eigenvalue weighted by atomic mass is 16.5. The van der Waals surface area contributed by atoms with E-state index in [1.807, 2.05) is 24.3 Å². The van der Waals surface area contributed by atoms with E-state index in [1.54, 1.807) is 6.20 Å². The van der Waals surface area contributed by atoms with Crippen LogP contribution in [0.5, 0.6) is 0 Å². The van der Waals surface area contributed by atoms with Gasteiger partial charge in [0.05, 0.1) is 22.9 Å². The maximum absolute atomic E-state index is 11.4. The lowest BCUT2D eigenvalue weighted by atomic mass is 10.2. The highest BCUT2D eigenvalue weighted by molar-refractivity contribution is 6.01. The molecule has 0 spiro atoms. The Morgan fingerprint density at radius 3 is 3.00 bits per heavy atom. The molecule has 3 rings (SSSR count). The van der Waals surface area contributed by atoms with Gasteiger partial charge in [-0.1, -0.05) is 12.1 Å². The summed E-state index contributed by atoms with van der Waals surface area (Å²) in [5.41, 5.74) is 1.94. The highest BCUT2D eigenvalue weighted by Gasteiger charge is 2.03. The van der Waals surface area contributed by atoms with Gasteiger partial charge in [0.25, 0.3) is 0 Å². The van der Waals surface area contributed by atoms with E-state index in [4.69, 9.17) is 0 Å². The van der Waals surface area contributed by atoms with E-state index in [1.165, 1.54) is 6.33 Å². The lowest BCUT2D eigenvalue weighted by Crippen LogP contribution is -1.85. The first-order valence-corrected chi connectivity index (χ1v) is 4.24. The van der Waals surface area contributed by atoms with Crippen LogP contribution in [0.3, 0.4) is 0 Å². The van der Waals surface area contributed by atoms with Gasteiger partial charge in [-0.05, 0) is 12.1 Å². The highest BCUT2D eigenvalue weighted by Crippen LogP contribution is 2.21. The largest absolute Gasteiger partial charge is 0.804 e. The predicted molar refractivity (Wildman–Crippen MR) is 53.8 cm³/mol. The summed E-state index contributed by atoms with van der Waals surface area (Å²) in [7, 11) is 0. The van der Waals surface area contributed by atoms with Crippen molar-refractivity contribution in [2.75, 3.05) is 0 Å². The molecular weight excluding hydrogens is 178 g/mol. The van der Waals surface area contributed by atoms with Gasteiger partial charge in [0.1, 0.15) is 0 Å². The summed E-state index contributed by atoms with van der Waals surface area (Å²) in [6.45, 7) is 0. The van der Waals surface area contributed by atoms with Crippen LogP contribution < -0.4 is 0 Å². The van der Waals surface area contributed by atoms with Crippen molar-refractivity contribution in [2.45, 2.75) is 0 Å². The van der Waals surface area contributed by atoms with Gasteiger partial charge < -0.3 is 9.94 Å². The number of nitrogens with zero attached hydrogens (tertiary/aromatic N) is 3. The van der Waals surface area contributed by atoms with Gasteiger partial charge in [-0.3, -0.25) is 4.98 Å². The molecule has 2 aromatic heterocycles. The Labute approximate surface area is 79.4 Å². The van der Waals surface area contributed by atoms with E-state index in [9.17, 15) is 5.21 Å². The van der Waals surface area contributed by atoms with Crippen molar-refractivity contribution in [3.63, 3.8) is 0 Å². The molecule has 0 saturated heterocycles. The van der Waals surface area contributed by atoms with Crippen molar-refractivity contribution < 1.29 is 0 Å². The molecule has 0 aliphatic heterocycles. The van der Waals surface area contributed by atoms with Crippen molar-refractivity contribution in [1.82, 2.24) is 14.7 Å². The fraction of sp³-hybridized carbons (Fsp3) is 0. The first kappa shape index (κ1) is 7.32. The second-order valence-corrected chi connectivity index (χ2v) is 3.08. The number of imidazole rings is 1.